The van der Waals surface area contributed by atoms with Crippen molar-refractivity contribution in [2.75, 3.05) is 0 Å². The fourth-order valence-electron chi connectivity index (χ4n) is 0.601. The molecule has 2 unspecified atom stereocenters. The lowest BCUT2D eigenvalue weighted by Gasteiger charge is -1.99. The highest BCUT2D eigenvalue weighted by Gasteiger charge is 2.32. The molecular formula is C5H5F3O. The molecule has 4 heteroatoms. The predicted octanol–water partition coefficient (Wildman–Crippen LogP) is 1.85. The van der Waals surface area contributed by atoms with Crippen molar-refractivity contribution in [1.82, 2.24) is 0 Å². The second-order valence-corrected chi connectivity index (χ2v) is 1.79. The van der Waals surface area contributed by atoms with Crippen LogP contribution in [0.2, 0.25) is 0 Å². The Kier molecular flexibility index (Phi) is 1.48. The van der Waals surface area contributed by atoms with E-state index in [1.807, 2.05) is 0 Å². The lowest BCUT2D eigenvalue weighted by atomic mass is 10.3. The quantitative estimate of drug-likeness (QED) is 0.496. The van der Waals surface area contributed by atoms with Gasteiger partial charge in [0.1, 0.15) is 6.10 Å². The van der Waals surface area contributed by atoms with E-state index in [0.717, 1.165) is 0 Å². The van der Waals surface area contributed by atoms with Crippen molar-refractivity contribution >= 4 is 0 Å². The zero-order valence-electron chi connectivity index (χ0n) is 4.70. The van der Waals surface area contributed by atoms with Gasteiger partial charge >= 0.3 is 0 Å². The summed E-state index contributed by atoms with van der Waals surface area (Å²) in [6.45, 7) is 1.24. The Hall–Kier alpha value is -0.510. The van der Waals surface area contributed by atoms with Gasteiger partial charge in [0.05, 0.1) is 0 Å². The van der Waals surface area contributed by atoms with Crippen LogP contribution in [-0.4, -0.2) is 12.5 Å². The average molecular weight is 138 g/mol. The van der Waals surface area contributed by atoms with Gasteiger partial charge in [-0.2, -0.15) is 0 Å². The number of halogens is 3. The zero-order valence-corrected chi connectivity index (χ0v) is 4.70. The Morgan fingerprint density at radius 3 is 2.00 bits per heavy atom. The molecule has 0 aromatic rings. The van der Waals surface area contributed by atoms with Gasteiger partial charge in [-0.15, -0.1) is 0 Å². The van der Waals surface area contributed by atoms with E-state index in [2.05, 4.69) is 4.74 Å². The molecule has 0 radical (unpaired) electrons. The van der Waals surface area contributed by atoms with E-state index < -0.39 is 24.1 Å². The largest absolute Gasteiger partial charge is 0.332 e. The van der Waals surface area contributed by atoms with Crippen molar-refractivity contribution in [1.29, 1.82) is 0 Å². The molecule has 9 heavy (non-hydrogen) atoms. The van der Waals surface area contributed by atoms with Gasteiger partial charge in [-0.25, -0.2) is 13.2 Å². The summed E-state index contributed by atoms with van der Waals surface area (Å²) in [5, 5.41) is 0. The molecule has 0 fully saturated rings. The summed E-state index contributed by atoms with van der Waals surface area (Å²) < 4.78 is 40.1. The lowest BCUT2D eigenvalue weighted by molar-refractivity contribution is -0.0298. The molecule has 0 aromatic heterocycles. The van der Waals surface area contributed by atoms with Crippen LogP contribution in [0.25, 0.3) is 0 Å². The number of ether oxygens (including phenoxy) is 1. The fourth-order valence-corrected chi connectivity index (χ4v) is 0.601. The second kappa shape index (κ2) is 2.02. The van der Waals surface area contributed by atoms with Crippen LogP contribution >= 0.6 is 0 Å². The maximum absolute atomic E-state index is 12.1. The molecule has 0 aromatic carbocycles. The summed E-state index contributed by atoms with van der Waals surface area (Å²) in [7, 11) is 0. The monoisotopic (exact) mass is 138 g/mol. The SMILES string of the molecule is CC1OC(F)C(F)=C1F. The molecule has 1 rings (SSSR count). The van der Waals surface area contributed by atoms with E-state index in [4.69, 9.17) is 0 Å². The normalized spacial score (nSPS) is 36.0. The van der Waals surface area contributed by atoms with Crippen molar-refractivity contribution < 1.29 is 17.9 Å². The van der Waals surface area contributed by atoms with E-state index in [1.165, 1.54) is 6.92 Å². The minimum Gasteiger partial charge on any atom is -0.332 e. The molecule has 1 aliphatic rings. The van der Waals surface area contributed by atoms with Crippen LogP contribution < -0.4 is 0 Å². The van der Waals surface area contributed by atoms with Crippen LogP contribution in [0.15, 0.2) is 11.7 Å². The summed E-state index contributed by atoms with van der Waals surface area (Å²) in [6, 6.07) is 0. The molecule has 52 valence electrons. The van der Waals surface area contributed by atoms with E-state index in [1.54, 1.807) is 0 Å². The van der Waals surface area contributed by atoms with Gasteiger partial charge in [-0.05, 0) is 6.92 Å². The first-order valence-electron chi connectivity index (χ1n) is 2.47. The smallest absolute Gasteiger partial charge is 0.254 e. The molecule has 0 saturated carbocycles. The van der Waals surface area contributed by atoms with E-state index in [0.29, 0.717) is 0 Å². The van der Waals surface area contributed by atoms with Crippen LogP contribution in [0, 0.1) is 0 Å². The zero-order chi connectivity index (χ0) is 7.02. The van der Waals surface area contributed by atoms with Crippen molar-refractivity contribution in [3.05, 3.63) is 11.7 Å². The molecule has 0 amide bonds. The minimum absolute atomic E-state index is 1.07. The molecule has 0 spiro atoms. The predicted molar refractivity (Wildman–Crippen MR) is 24.7 cm³/mol. The Balaban J connectivity index is 2.79. The summed E-state index contributed by atoms with van der Waals surface area (Å²) in [6.07, 6.45) is -3.26. The Bertz CT molecular complexity index is 138. The summed E-state index contributed by atoms with van der Waals surface area (Å²) in [4.78, 5) is 0. The number of rotatable bonds is 0. The maximum Gasteiger partial charge on any atom is 0.254 e. The molecule has 2 atom stereocenters. The molecule has 1 aliphatic heterocycles. The van der Waals surface area contributed by atoms with Crippen molar-refractivity contribution in [2.45, 2.75) is 19.4 Å². The van der Waals surface area contributed by atoms with E-state index in [-0.39, 0.29) is 0 Å². The van der Waals surface area contributed by atoms with Crippen molar-refractivity contribution in [3.8, 4) is 0 Å². The van der Waals surface area contributed by atoms with Gasteiger partial charge < -0.3 is 4.74 Å². The summed E-state index contributed by atoms with van der Waals surface area (Å²) >= 11 is 0. The van der Waals surface area contributed by atoms with Gasteiger partial charge in [0, 0.05) is 0 Å². The fraction of sp³-hybridized carbons (Fsp3) is 0.600. The van der Waals surface area contributed by atoms with E-state index >= 15 is 0 Å². The van der Waals surface area contributed by atoms with Crippen molar-refractivity contribution in [2.24, 2.45) is 0 Å². The first-order chi connectivity index (χ1) is 4.13. The van der Waals surface area contributed by atoms with Gasteiger partial charge in [0.25, 0.3) is 6.36 Å². The highest BCUT2D eigenvalue weighted by atomic mass is 19.2. The van der Waals surface area contributed by atoms with Crippen LogP contribution in [-0.2, 0) is 4.74 Å². The number of hydrogen-bond acceptors (Lipinski definition) is 1. The number of hydrogen-bond donors (Lipinski definition) is 0. The Morgan fingerprint density at radius 2 is 1.89 bits per heavy atom. The summed E-state index contributed by atoms with van der Waals surface area (Å²) in [5.41, 5.74) is 0. The number of alkyl halides is 1. The lowest BCUT2D eigenvalue weighted by Crippen LogP contribution is -2.05. The molecule has 1 nitrogen and oxygen atoms in total. The first-order valence-corrected chi connectivity index (χ1v) is 2.47. The third-order valence-electron chi connectivity index (χ3n) is 1.11. The molecule has 0 saturated heterocycles. The van der Waals surface area contributed by atoms with E-state index in [9.17, 15) is 13.2 Å². The average Bonchev–Trinajstić information content (AvgIpc) is 1.98. The third kappa shape index (κ3) is 0.941. The van der Waals surface area contributed by atoms with Crippen LogP contribution in [0.5, 0.6) is 0 Å². The Labute approximate surface area is 50.1 Å². The van der Waals surface area contributed by atoms with Crippen LogP contribution in [0.4, 0.5) is 13.2 Å². The third-order valence-corrected chi connectivity index (χ3v) is 1.11. The summed E-state index contributed by atoms with van der Waals surface area (Å²) in [5.74, 6) is -2.56. The van der Waals surface area contributed by atoms with Gasteiger partial charge in [-0.1, -0.05) is 0 Å². The standard InChI is InChI=1S/C5H5F3O/c1-2-3(6)4(7)5(8)9-2/h2,5H,1H3. The first kappa shape index (κ1) is 6.61. The highest BCUT2D eigenvalue weighted by molar-refractivity contribution is 5.11. The minimum atomic E-state index is -2.19. The molecule has 0 aliphatic carbocycles. The maximum atomic E-state index is 12.1. The van der Waals surface area contributed by atoms with Gasteiger partial charge in [-0.3, -0.25) is 0 Å². The second-order valence-electron chi connectivity index (χ2n) is 1.79. The van der Waals surface area contributed by atoms with Crippen LogP contribution in [0.3, 0.4) is 0 Å². The Morgan fingerprint density at radius 1 is 1.33 bits per heavy atom. The van der Waals surface area contributed by atoms with Gasteiger partial charge in [0.15, 0.2) is 11.7 Å². The van der Waals surface area contributed by atoms with Crippen molar-refractivity contribution in [3.63, 3.8) is 0 Å². The van der Waals surface area contributed by atoms with Crippen LogP contribution in [0.1, 0.15) is 6.92 Å². The topological polar surface area (TPSA) is 9.23 Å². The molecule has 1 heterocycles. The highest BCUT2D eigenvalue weighted by Crippen LogP contribution is 2.29. The molecule has 0 N–H and O–H groups in total. The van der Waals surface area contributed by atoms with Gasteiger partial charge in [0.2, 0.25) is 0 Å². The molecule has 0 bridgehead atoms. The molecular weight excluding hydrogens is 133 g/mol.